The van der Waals surface area contributed by atoms with Gasteiger partial charge in [-0.25, -0.2) is 0 Å². The molecule has 30 heavy (non-hydrogen) atoms. The van der Waals surface area contributed by atoms with Crippen LogP contribution in [0.5, 0.6) is 0 Å². The van der Waals surface area contributed by atoms with Crippen LogP contribution in [0.1, 0.15) is 47.4 Å². The van der Waals surface area contributed by atoms with Crippen molar-refractivity contribution in [3.05, 3.63) is 83.2 Å². The van der Waals surface area contributed by atoms with Gasteiger partial charge in [-0.1, -0.05) is 42.5 Å². The van der Waals surface area contributed by atoms with Gasteiger partial charge in [0.2, 0.25) is 17.7 Å². The van der Waals surface area contributed by atoms with Crippen molar-refractivity contribution >= 4 is 16.8 Å². The molecule has 5 rings (SSSR count). The maximum atomic E-state index is 12.4. The molecule has 2 aromatic carbocycles. The molecule has 2 heterocycles. The first-order chi connectivity index (χ1) is 14.8. The molecule has 1 amide bonds. The van der Waals surface area contributed by atoms with E-state index >= 15 is 0 Å². The summed E-state index contributed by atoms with van der Waals surface area (Å²) in [6.07, 6.45) is 6.33. The minimum absolute atomic E-state index is 0.0234. The molecule has 2 aromatic heterocycles. The van der Waals surface area contributed by atoms with Gasteiger partial charge in [-0.2, -0.15) is 0 Å². The van der Waals surface area contributed by atoms with Gasteiger partial charge in [0.15, 0.2) is 0 Å². The van der Waals surface area contributed by atoms with Crippen LogP contribution >= 0.6 is 0 Å². The molecule has 0 saturated carbocycles. The van der Waals surface area contributed by atoms with Crippen LogP contribution in [0.2, 0.25) is 0 Å². The van der Waals surface area contributed by atoms with Gasteiger partial charge in [-0.15, -0.1) is 10.2 Å². The molecule has 0 radical (unpaired) electrons. The third kappa shape index (κ3) is 3.85. The van der Waals surface area contributed by atoms with E-state index in [1.54, 1.807) is 0 Å². The number of rotatable bonds is 7. The number of para-hydroxylation sites is 1. The molecule has 0 spiro atoms. The number of nitrogens with one attached hydrogen (secondary N) is 2. The van der Waals surface area contributed by atoms with Crippen molar-refractivity contribution in [1.29, 1.82) is 0 Å². The van der Waals surface area contributed by atoms with E-state index in [2.05, 4.69) is 50.8 Å². The minimum atomic E-state index is 0.0234. The molecule has 6 nitrogen and oxygen atoms in total. The Balaban J connectivity index is 1.12. The third-order valence-corrected chi connectivity index (χ3v) is 5.83. The Labute approximate surface area is 174 Å². The van der Waals surface area contributed by atoms with Gasteiger partial charge in [0.05, 0.1) is 6.04 Å². The molecule has 152 valence electrons. The van der Waals surface area contributed by atoms with E-state index in [4.69, 9.17) is 4.42 Å². The number of carbonyl (C=O) groups excluding carboxylic acids is 1. The highest BCUT2D eigenvalue weighted by Crippen LogP contribution is 2.30. The number of aromatic nitrogens is 3. The first-order valence-electron chi connectivity index (χ1n) is 10.5. The average molecular weight is 400 g/mol. The van der Waals surface area contributed by atoms with Crippen molar-refractivity contribution in [2.75, 3.05) is 0 Å². The number of fused-ring (bicyclic) bond motifs is 2. The number of H-pyrrole nitrogens is 1. The fourth-order valence-corrected chi connectivity index (χ4v) is 4.26. The Hall–Kier alpha value is -3.41. The highest BCUT2D eigenvalue weighted by molar-refractivity contribution is 5.83. The molecular formula is C24H24N4O2. The summed E-state index contributed by atoms with van der Waals surface area (Å²) < 4.78 is 5.76. The van der Waals surface area contributed by atoms with Crippen LogP contribution in [-0.2, 0) is 30.5 Å². The van der Waals surface area contributed by atoms with Crippen LogP contribution in [0.25, 0.3) is 10.9 Å². The second-order valence-corrected chi connectivity index (χ2v) is 7.81. The van der Waals surface area contributed by atoms with Gasteiger partial charge < -0.3 is 14.7 Å². The molecule has 0 fully saturated rings. The van der Waals surface area contributed by atoms with E-state index in [1.807, 2.05) is 24.4 Å². The van der Waals surface area contributed by atoms with Crippen molar-refractivity contribution in [3.8, 4) is 0 Å². The summed E-state index contributed by atoms with van der Waals surface area (Å²) in [6.45, 7) is 0. The Morgan fingerprint density at radius 3 is 2.77 bits per heavy atom. The average Bonchev–Trinajstić information content (AvgIpc) is 3.50. The standard InChI is InChI=1S/C24H24N4O2/c29-22(26-21-11-9-16-5-1-2-6-18(16)21)12-14-24-28-27-23(30-24)13-10-17-15-25-20-8-4-3-7-19(17)20/h1-8,15,21,25H,9-14H2,(H,26,29). The molecule has 1 aliphatic rings. The Kier molecular flexibility index (Phi) is 5.05. The molecule has 1 atom stereocenters. The maximum Gasteiger partial charge on any atom is 0.220 e. The van der Waals surface area contributed by atoms with Crippen molar-refractivity contribution in [3.63, 3.8) is 0 Å². The highest BCUT2D eigenvalue weighted by Gasteiger charge is 2.23. The summed E-state index contributed by atoms with van der Waals surface area (Å²) >= 11 is 0. The highest BCUT2D eigenvalue weighted by atomic mass is 16.4. The molecule has 4 aromatic rings. The number of hydrogen-bond acceptors (Lipinski definition) is 4. The lowest BCUT2D eigenvalue weighted by Gasteiger charge is -2.13. The zero-order chi connectivity index (χ0) is 20.3. The van der Waals surface area contributed by atoms with Crippen LogP contribution in [-0.4, -0.2) is 21.1 Å². The summed E-state index contributed by atoms with van der Waals surface area (Å²) in [5.74, 6) is 1.15. The molecule has 0 saturated heterocycles. The summed E-state index contributed by atoms with van der Waals surface area (Å²) in [4.78, 5) is 15.7. The Morgan fingerprint density at radius 2 is 1.83 bits per heavy atom. The summed E-state index contributed by atoms with van der Waals surface area (Å²) in [7, 11) is 0. The van der Waals surface area contributed by atoms with Gasteiger partial charge in [0.25, 0.3) is 0 Å². The van der Waals surface area contributed by atoms with Gasteiger partial charge in [-0.05, 0) is 42.0 Å². The summed E-state index contributed by atoms with van der Waals surface area (Å²) in [6, 6.07) is 16.7. The third-order valence-electron chi connectivity index (χ3n) is 5.83. The molecule has 0 bridgehead atoms. The monoisotopic (exact) mass is 400 g/mol. The summed E-state index contributed by atoms with van der Waals surface area (Å²) in [5, 5.41) is 12.6. The van der Waals surface area contributed by atoms with Crippen molar-refractivity contribution in [2.24, 2.45) is 0 Å². The molecular weight excluding hydrogens is 376 g/mol. The number of nitrogens with zero attached hydrogens (tertiary/aromatic N) is 2. The van der Waals surface area contributed by atoms with E-state index in [1.165, 1.54) is 22.1 Å². The largest absolute Gasteiger partial charge is 0.425 e. The molecule has 1 unspecified atom stereocenters. The zero-order valence-electron chi connectivity index (χ0n) is 16.7. The second-order valence-electron chi connectivity index (χ2n) is 7.81. The lowest BCUT2D eigenvalue weighted by molar-refractivity contribution is -0.121. The lowest BCUT2D eigenvalue weighted by Crippen LogP contribution is -2.27. The van der Waals surface area contributed by atoms with Crippen molar-refractivity contribution < 1.29 is 9.21 Å². The number of aromatic amines is 1. The molecule has 0 aliphatic heterocycles. The number of amides is 1. The molecule has 6 heteroatoms. The Morgan fingerprint density at radius 1 is 1.03 bits per heavy atom. The lowest BCUT2D eigenvalue weighted by atomic mass is 10.1. The summed E-state index contributed by atoms with van der Waals surface area (Å²) in [5.41, 5.74) is 4.94. The predicted molar refractivity (Wildman–Crippen MR) is 114 cm³/mol. The van der Waals surface area contributed by atoms with Crippen molar-refractivity contribution in [1.82, 2.24) is 20.5 Å². The second kappa shape index (κ2) is 8.14. The molecule has 2 N–H and O–H groups in total. The first-order valence-corrected chi connectivity index (χ1v) is 10.5. The number of benzene rings is 2. The first kappa shape index (κ1) is 18.6. The number of aryl methyl sites for hydroxylation is 4. The van der Waals surface area contributed by atoms with Crippen LogP contribution in [0.3, 0.4) is 0 Å². The molecule has 1 aliphatic carbocycles. The smallest absolute Gasteiger partial charge is 0.220 e. The van der Waals surface area contributed by atoms with Gasteiger partial charge >= 0.3 is 0 Å². The van der Waals surface area contributed by atoms with Gasteiger partial charge in [0, 0.05) is 36.4 Å². The quantitative estimate of drug-likeness (QED) is 0.490. The zero-order valence-corrected chi connectivity index (χ0v) is 16.7. The Bertz CT molecular complexity index is 1180. The minimum Gasteiger partial charge on any atom is -0.425 e. The van der Waals surface area contributed by atoms with E-state index in [0.29, 0.717) is 31.0 Å². The van der Waals surface area contributed by atoms with Gasteiger partial charge in [0.1, 0.15) is 0 Å². The van der Waals surface area contributed by atoms with E-state index < -0.39 is 0 Å². The topological polar surface area (TPSA) is 83.8 Å². The number of hydrogen-bond donors (Lipinski definition) is 2. The van der Waals surface area contributed by atoms with Gasteiger partial charge in [-0.3, -0.25) is 4.79 Å². The maximum absolute atomic E-state index is 12.4. The van der Waals surface area contributed by atoms with E-state index in [9.17, 15) is 4.79 Å². The van der Waals surface area contributed by atoms with Crippen LogP contribution in [0.4, 0.5) is 0 Å². The van der Waals surface area contributed by atoms with Crippen LogP contribution in [0, 0.1) is 0 Å². The van der Waals surface area contributed by atoms with Crippen LogP contribution < -0.4 is 5.32 Å². The van der Waals surface area contributed by atoms with E-state index in [-0.39, 0.29) is 11.9 Å². The normalized spacial score (nSPS) is 15.4. The van der Waals surface area contributed by atoms with Crippen LogP contribution in [0.15, 0.2) is 59.1 Å². The fraction of sp³-hybridized carbons (Fsp3) is 0.292. The number of carbonyl (C=O) groups is 1. The van der Waals surface area contributed by atoms with Crippen molar-refractivity contribution in [2.45, 2.75) is 44.6 Å². The SMILES string of the molecule is O=C(CCc1nnc(CCc2c[nH]c3ccccc23)o1)NC1CCc2ccccc21. The fourth-order valence-electron chi connectivity index (χ4n) is 4.26. The predicted octanol–water partition coefficient (Wildman–Crippen LogP) is 4.07. The van der Waals surface area contributed by atoms with E-state index in [0.717, 1.165) is 24.8 Å².